The van der Waals surface area contributed by atoms with Crippen molar-refractivity contribution >= 4 is 5.91 Å². The molecule has 0 atom stereocenters. The molecule has 1 aliphatic heterocycles. The number of amides is 1. The van der Waals surface area contributed by atoms with Crippen molar-refractivity contribution in [3.63, 3.8) is 0 Å². The van der Waals surface area contributed by atoms with E-state index in [1.165, 1.54) is 0 Å². The highest BCUT2D eigenvalue weighted by molar-refractivity contribution is 5.92. The molecule has 1 aromatic carbocycles. The third kappa shape index (κ3) is 4.05. The van der Waals surface area contributed by atoms with Gasteiger partial charge in [-0.3, -0.25) is 4.79 Å². The SMILES string of the molecule is CC(C)CNCc1cc(C(=O)NCc2ccc3c(c2)OCO3)no1. The summed E-state index contributed by atoms with van der Waals surface area (Å²) in [6.45, 7) is 6.30. The predicted molar refractivity (Wildman–Crippen MR) is 86.8 cm³/mol. The lowest BCUT2D eigenvalue weighted by molar-refractivity contribution is 0.0941. The summed E-state index contributed by atoms with van der Waals surface area (Å²) in [7, 11) is 0. The standard InChI is InChI=1S/C17H21N3O4/c1-11(2)7-18-9-13-6-14(20-24-13)17(21)19-8-12-3-4-15-16(5-12)23-10-22-15/h3-6,11,18H,7-10H2,1-2H3,(H,19,21). The lowest BCUT2D eigenvalue weighted by Gasteiger charge is -2.04. The van der Waals surface area contributed by atoms with E-state index in [9.17, 15) is 4.79 Å². The van der Waals surface area contributed by atoms with E-state index in [1.807, 2.05) is 18.2 Å². The molecule has 1 amide bonds. The molecule has 24 heavy (non-hydrogen) atoms. The number of rotatable bonds is 7. The molecule has 1 aliphatic rings. The molecule has 0 aliphatic carbocycles. The molecular weight excluding hydrogens is 310 g/mol. The van der Waals surface area contributed by atoms with E-state index in [4.69, 9.17) is 14.0 Å². The van der Waals surface area contributed by atoms with Crippen LogP contribution in [-0.4, -0.2) is 24.4 Å². The number of carbonyl (C=O) groups is 1. The van der Waals surface area contributed by atoms with Gasteiger partial charge in [0, 0.05) is 12.6 Å². The Hall–Kier alpha value is -2.54. The molecular formula is C17H21N3O4. The molecule has 1 aromatic heterocycles. The summed E-state index contributed by atoms with van der Waals surface area (Å²) in [4.78, 5) is 12.1. The van der Waals surface area contributed by atoms with Crippen molar-refractivity contribution in [1.82, 2.24) is 15.8 Å². The molecule has 0 radical (unpaired) electrons. The zero-order valence-electron chi connectivity index (χ0n) is 13.8. The molecule has 0 spiro atoms. The summed E-state index contributed by atoms with van der Waals surface area (Å²) < 4.78 is 15.7. The van der Waals surface area contributed by atoms with Crippen LogP contribution in [0.3, 0.4) is 0 Å². The van der Waals surface area contributed by atoms with Gasteiger partial charge in [-0.1, -0.05) is 25.1 Å². The van der Waals surface area contributed by atoms with E-state index in [-0.39, 0.29) is 18.4 Å². The Morgan fingerprint density at radius 1 is 1.21 bits per heavy atom. The summed E-state index contributed by atoms with van der Waals surface area (Å²) in [5.74, 6) is 2.34. The van der Waals surface area contributed by atoms with Crippen molar-refractivity contribution in [1.29, 1.82) is 0 Å². The number of nitrogens with zero attached hydrogens (tertiary/aromatic N) is 1. The first-order valence-electron chi connectivity index (χ1n) is 7.95. The smallest absolute Gasteiger partial charge is 0.273 e. The van der Waals surface area contributed by atoms with Crippen molar-refractivity contribution in [2.75, 3.05) is 13.3 Å². The fourth-order valence-corrected chi connectivity index (χ4v) is 2.31. The van der Waals surface area contributed by atoms with Crippen molar-refractivity contribution in [3.05, 3.63) is 41.3 Å². The Morgan fingerprint density at radius 2 is 2.04 bits per heavy atom. The van der Waals surface area contributed by atoms with Gasteiger partial charge in [0.1, 0.15) is 0 Å². The van der Waals surface area contributed by atoms with E-state index < -0.39 is 0 Å². The van der Waals surface area contributed by atoms with Gasteiger partial charge in [0.05, 0.1) is 6.54 Å². The monoisotopic (exact) mass is 331 g/mol. The van der Waals surface area contributed by atoms with Gasteiger partial charge in [-0.2, -0.15) is 0 Å². The van der Waals surface area contributed by atoms with Gasteiger partial charge >= 0.3 is 0 Å². The lowest BCUT2D eigenvalue weighted by Crippen LogP contribution is -2.23. The van der Waals surface area contributed by atoms with Gasteiger partial charge in [-0.15, -0.1) is 0 Å². The third-order valence-corrected chi connectivity index (χ3v) is 3.53. The van der Waals surface area contributed by atoms with Gasteiger partial charge < -0.3 is 24.6 Å². The van der Waals surface area contributed by atoms with Crippen LogP contribution in [0.4, 0.5) is 0 Å². The molecule has 7 nitrogen and oxygen atoms in total. The van der Waals surface area contributed by atoms with E-state index in [0.29, 0.717) is 30.5 Å². The lowest BCUT2D eigenvalue weighted by atomic mass is 10.2. The Kier molecular flexibility index (Phi) is 5.00. The van der Waals surface area contributed by atoms with Crippen molar-refractivity contribution in [3.8, 4) is 11.5 Å². The molecule has 0 fully saturated rings. The zero-order valence-corrected chi connectivity index (χ0v) is 13.8. The Labute approximate surface area is 140 Å². The summed E-state index contributed by atoms with van der Waals surface area (Å²) in [5.41, 5.74) is 1.20. The van der Waals surface area contributed by atoms with Crippen molar-refractivity contribution < 1.29 is 18.8 Å². The number of nitrogens with one attached hydrogen (secondary N) is 2. The number of benzene rings is 1. The first-order chi connectivity index (χ1) is 11.6. The van der Waals surface area contributed by atoms with Crippen LogP contribution in [0.15, 0.2) is 28.8 Å². The quantitative estimate of drug-likeness (QED) is 0.808. The van der Waals surface area contributed by atoms with Gasteiger partial charge in [-0.05, 0) is 30.2 Å². The fourth-order valence-electron chi connectivity index (χ4n) is 2.31. The first kappa shape index (κ1) is 16.3. The molecule has 128 valence electrons. The van der Waals surface area contributed by atoms with Gasteiger partial charge in [0.2, 0.25) is 6.79 Å². The van der Waals surface area contributed by atoms with Crippen LogP contribution in [-0.2, 0) is 13.1 Å². The molecule has 2 heterocycles. The average Bonchev–Trinajstić information content (AvgIpc) is 3.20. The molecule has 0 saturated carbocycles. The normalized spacial score (nSPS) is 12.6. The molecule has 3 rings (SSSR count). The Morgan fingerprint density at radius 3 is 2.88 bits per heavy atom. The topological polar surface area (TPSA) is 85.6 Å². The maximum Gasteiger partial charge on any atom is 0.273 e. The third-order valence-electron chi connectivity index (χ3n) is 3.53. The second kappa shape index (κ2) is 7.35. The molecule has 0 saturated heterocycles. The van der Waals surface area contributed by atoms with E-state index in [2.05, 4.69) is 29.6 Å². The van der Waals surface area contributed by atoms with Gasteiger partial charge in [0.15, 0.2) is 23.0 Å². The zero-order chi connectivity index (χ0) is 16.9. The number of aromatic nitrogens is 1. The van der Waals surface area contributed by atoms with Crippen LogP contribution in [0.25, 0.3) is 0 Å². The first-order valence-corrected chi connectivity index (χ1v) is 7.95. The summed E-state index contributed by atoms with van der Waals surface area (Å²) in [6.07, 6.45) is 0. The molecule has 0 unspecified atom stereocenters. The van der Waals surface area contributed by atoms with Gasteiger partial charge in [0.25, 0.3) is 5.91 Å². The number of hydrogen-bond acceptors (Lipinski definition) is 6. The minimum atomic E-state index is -0.272. The predicted octanol–water partition coefficient (Wildman–Crippen LogP) is 2.08. The van der Waals surface area contributed by atoms with Gasteiger partial charge in [-0.25, -0.2) is 0 Å². The molecule has 2 N–H and O–H groups in total. The summed E-state index contributed by atoms with van der Waals surface area (Å²) >= 11 is 0. The minimum absolute atomic E-state index is 0.234. The number of fused-ring (bicyclic) bond motifs is 1. The number of hydrogen-bond donors (Lipinski definition) is 2. The van der Waals surface area contributed by atoms with Crippen LogP contribution in [0.5, 0.6) is 11.5 Å². The number of carbonyl (C=O) groups excluding carboxylic acids is 1. The molecule has 7 heteroatoms. The Balaban J connectivity index is 1.51. The fraction of sp³-hybridized carbons (Fsp3) is 0.412. The minimum Gasteiger partial charge on any atom is -0.454 e. The van der Waals surface area contributed by atoms with Crippen LogP contribution < -0.4 is 20.1 Å². The maximum absolute atomic E-state index is 12.1. The highest BCUT2D eigenvalue weighted by Crippen LogP contribution is 2.32. The van der Waals surface area contributed by atoms with Crippen LogP contribution in [0.1, 0.15) is 35.7 Å². The van der Waals surface area contributed by atoms with Crippen LogP contribution in [0.2, 0.25) is 0 Å². The average molecular weight is 331 g/mol. The number of ether oxygens (including phenoxy) is 2. The van der Waals surface area contributed by atoms with Crippen LogP contribution in [0, 0.1) is 5.92 Å². The summed E-state index contributed by atoms with van der Waals surface area (Å²) in [5, 5.41) is 9.87. The highest BCUT2D eigenvalue weighted by Gasteiger charge is 2.15. The maximum atomic E-state index is 12.1. The molecule has 0 bridgehead atoms. The second-order valence-corrected chi connectivity index (χ2v) is 6.07. The molecule has 2 aromatic rings. The van der Waals surface area contributed by atoms with Crippen LogP contribution >= 0.6 is 0 Å². The highest BCUT2D eigenvalue weighted by atomic mass is 16.7. The van der Waals surface area contributed by atoms with E-state index in [1.54, 1.807) is 6.07 Å². The largest absolute Gasteiger partial charge is 0.454 e. The van der Waals surface area contributed by atoms with E-state index in [0.717, 1.165) is 17.9 Å². The second-order valence-electron chi connectivity index (χ2n) is 6.07. The summed E-state index contributed by atoms with van der Waals surface area (Å²) in [6, 6.07) is 7.23. The Bertz CT molecular complexity index is 712. The van der Waals surface area contributed by atoms with Crippen molar-refractivity contribution in [2.45, 2.75) is 26.9 Å². The van der Waals surface area contributed by atoms with Crippen molar-refractivity contribution in [2.24, 2.45) is 5.92 Å². The van der Waals surface area contributed by atoms with E-state index >= 15 is 0 Å².